The average molecular weight is 538 g/mol. The van der Waals surface area contributed by atoms with E-state index in [-0.39, 0.29) is 43.1 Å². The highest BCUT2D eigenvalue weighted by atomic mass is 35.5. The van der Waals surface area contributed by atoms with E-state index >= 15 is 0 Å². The molecule has 0 spiro atoms. The number of halogens is 1. The Morgan fingerprint density at radius 2 is 1.51 bits per heavy atom. The minimum absolute atomic E-state index is 0. The molecular weight excluding hydrogens is 514 g/mol. The zero-order valence-electron chi connectivity index (χ0n) is 19.7. The van der Waals surface area contributed by atoms with Gasteiger partial charge in [0.25, 0.3) is 5.91 Å². The van der Waals surface area contributed by atoms with E-state index in [1.807, 2.05) is 42.5 Å². The molecule has 1 amide bonds. The van der Waals surface area contributed by atoms with Crippen molar-refractivity contribution in [2.45, 2.75) is 4.90 Å². The average Bonchev–Trinajstić information content (AvgIpc) is 3.41. The van der Waals surface area contributed by atoms with Gasteiger partial charge in [0.05, 0.1) is 21.7 Å². The number of nitrogens with zero attached hydrogens (tertiary/aromatic N) is 3. The Hall–Kier alpha value is -3.66. The van der Waals surface area contributed by atoms with Gasteiger partial charge in [0.15, 0.2) is 11.5 Å². The van der Waals surface area contributed by atoms with Gasteiger partial charge in [-0.05, 0) is 42.5 Å². The summed E-state index contributed by atoms with van der Waals surface area (Å²) < 4.78 is 38.3. The molecule has 0 N–H and O–H groups in total. The number of fused-ring (bicyclic) bond motifs is 2. The molecule has 0 saturated carbocycles. The van der Waals surface area contributed by atoms with Gasteiger partial charge in [-0.1, -0.05) is 36.4 Å². The molecule has 3 aromatic carbocycles. The third-order valence-electron chi connectivity index (χ3n) is 6.52. The van der Waals surface area contributed by atoms with Crippen molar-refractivity contribution >= 4 is 39.2 Å². The van der Waals surface area contributed by atoms with Gasteiger partial charge in [-0.2, -0.15) is 4.31 Å². The van der Waals surface area contributed by atoms with Crippen LogP contribution in [0.1, 0.15) is 10.4 Å². The lowest BCUT2D eigenvalue weighted by molar-refractivity contribution is 0.0700. The van der Waals surface area contributed by atoms with E-state index in [0.717, 1.165) is 10.9 Å². The molecule has 2 aliphatic rings. The molecule has 37 heavy (non-hydrogen) atoms. The van der Waals surface area contributed by atoms with E-state index in [1.165, 1.54) is 4.31 Å². The smallest absolute Gasteiger partial charge is 0.254 e. The Balaban J connectivity index is 0.00000280. The second kappa shape index (κ2) is 10.0. The lowest BCUT2D eigenvalue weighted by atomic mass is 10.0. The van der Waals surface area contributed by atoms with Gasteiger partial charge in [0.1, 0.15) is 0 Å². The first-order valence-electron chi connectivity index (χ1n) is 11.6. The van der Waals surface area contributed by atoms with Gasteiger partial charge >= 0.3 is 0 Å². The van der Waals surface area contributed by atoms with Crippen LogP contribution in [0.5, 0.6) is 11.5 Å². The predicted molar refractivity (Wildman–Crippen MR) is 142 cm³/mol. The summed E-state index contributed by atoms with van der Waals surface area (Å²) in [7, 11) is -3.60. The molecule has 0 unspecified atom stereocenters. The summed E-state index contributed by atoms with van der Waals surface area (Å²) in [6.07, 6.45) is 0. The Bertz CT molecular complexity index is 1570. The zero-order valence-corrected chi connectivity index (χ0v) is 21.4. The van der Waals surface area contributed by atoms with Crippen LogP contribution in [0.4, 0.5) is 0 Å². The third-order valence-corrected chi connectivity index (χ3v) is 8.43. The number of hydrogen-bond acceptors (Lipinski definition) is 6. The van der Waals surface area contributed by atoms with E-state index in [9.17, 15) is 13.2 Å². The Morgan fingerprint density at radius 1 is 0.811 bits per heavy atom. The van der Waals surface area contributed by atoms with Crippen molar-refractivity contribution in [3.8, 4) is 22.8 Å². The van der Waals surface area contributed by atoms with Crippen LogP contribution in [-0.2, 0) is 10.0 Å². The highest BCUT2D eigenvalue weighted by Gasteiger charge is 2.31. The topological polar surface area (TPSA) is 89.0 Å². The molecule has 10 heteroatoms. The fourth-order valence-corrected chi connectivity index (χ4v) is 6.04. The fraction of sp³-hybridized carbons (Fsp3) is 0.185. The Morgan fingerprint density at radius 3 is 2.30 bits per heavy atom. The second-order valence-corrected chi connectivity index (χ2v) is 10.6. The van der Waals surface area contributed by atoms with E-state index in [4.69, 9.17) is 14.5 Å². The minimum Gasteiger partial charge on any atom is -0.454 e. The van der Waals surface area contributed by atoms with E-state index in [0.29, 0.717) is 41.4 Å². The fourth-order valence-electron chi connectivity index (χ4n) is 4.60. The summed E-state index contributed by atoms with van der Waals surface area (Å²) in [6, 6.07) is 23.3. The van der Waals surface area contributed by atoms with Crippen molar-refractivity contribution < 1.29 is 22.7 Å². The standard InChI is InChI=1S/C27H23N3O5S.ClH/c31-27(29-12-14-30(15-13-29)36(32,33)20-6-2-1-3-7-20)22-17-24(28-23-9-5-4-8-21(22)23)19-10-11-25-26(16-19)35-18-34-25;/h1-11,16-17H,12-15,18H2;1H. The first-order chi connectivity index (χ1) is 17.5. The maximum Gasteiger partial charge on any atom is 0.254 e. The third kappa shape index (κ3) is 4.61. The summed E-state index contributed by atoms with van der Waals surface area (Å²) in [6.45, 7) is 1.27. The molecule has 0 bridgehead atoms. The van der Waals surface area contributed by atoms with E-state index in [2.05, 4.69) is 0 Å². The molecule has 3 heterocycles. The van der Waals surface area contributed by atoms with Crippen molar-refractivity contribution in [2.24, 2.45) is 0 Å². The number of benzene rings is 3. The number of carbonyl (C=O) groups is 1. The molecule has 0 aliphatic carbocycles. The molecule has 1 fully saturated rings. The lowest BCUT2D eigenvalue weighted by Gasteiger charge is -2.34. The second-order valence-electron chi connectivity index (χ2n) is 8.65. The van der Waals surface area contributed by atoms with Gasteiger partial charge in [-0.25, -0.2) is 13.4 Å². The van der Waals surface area contributed by atoms with Crippen LogP contribution in [-0.4, -0.2) is 61.5 Å². The number of piperazine rings is 1. The first kappa shape index (κ1) is 25.0. The largest absolute Gasteiger partial charge is 0.454 e. The maximum atomic E-state index is 13.7. The van der Waals surface area contributed by atoms with Crippen LogP contribution < -0.4 is 9.47 Å². The van der Waals surface area contributed by atoms with E-state index < -0.39 is 10.0 Å². The van der Waals surface area contributed by atoms with Crippen LogP contribution in [0.2, 0.25) is 0 Å². The Kier molecular flexibility index (Phi) is 6.76. The van der Waals surface area contributed by atoms with Crippen LogP contribution >= 0.6 is 12.4 Å². The molecule has 2 aliphatic heterocycles. The molecule has 0 radical (unpaired) electrons. The summed E-state index contributed by atoms with van der Waals surface area (Å²) >= 11 is 0. The van der Waals surface area contributed by atoms with Gasteiger partial charge in [-0.15, -0.1) is 12.4 Å². The normalized spacial score (nSPS) is 15.4. The number of pyridine rings is 1. The summed E-state index contributed by atoms with van der Waals surface area (Å²) in [4.78, 5) is 20.5. The first-order valence-corrected chi connectivity index (χ1v) is 13.1. The molecular formula is C27H24ClN3O5S. The van der Waals surface area contributed by atoms with E-state index in [1.54, 1.807) is 41.3 Å². The number of ether oxygens (including phenoxy) is 2. The molecule has 190 valence electrons. The molecule has 4 aromatic rings. The van der Waals surface area contributed by atoms with Gasteiger partial charge < -0.3 is 14.4 Å². The summed E-state index contributed by atoms with van der Waals surface area (Å²) in [5, 5.41) is 0.756. The molecule has 8 nitrogen and oxygen atoms in total. The highest BCUT2D eigenvalue weighted by Crippen LogP contribution is 2.36. The lowest BCUT2D eigenvalue weighted by Crippen LogP contribution is -2.50. The van der Waals surface area contributed by atoms with Crippen molar-refractivity contribution in [3.63, 3.8) is 0 Å². The van der Waals surface area contributed by atoms with Crippen LogP contribution in [0.3, 0.4) is 0 Å². The van der Waals surface area contributed by atoms with Gasteiger partial charge in [-0.3, -0.25) is 4.79 Å². The van der Waals surface area contributed by atoms with Gasteiger partial charge in [0.2, 0.25) is 16.8 Å². The number of aromatic nitrogens is 1. The quantitative estimate of drug-likeness (QED) is 0.388. The molecule has 0 atom stereocenters. The summed E-state index contributed by atoms with van der Waals surface area (Å²) in [5.74, 6) is 1.18. The SMILES string of the molecule is Cl.O=C(c1cc(-c2ccc3c(c2)OCO3)nc2ccccc12)N1CCN(S(=O)(=O)c2ccccc2)CC1. The number of sulfonamides is 1. The predicted octanol–water partition coefficient (Wildman–Crippen LogP) is 4.20. The van der Waals surface area contributed by atoms with Crippen LogP contribution in [0, 0.1) is 0 Å². The molecule has 1 saturated heterocycles. The summed E-state index contributed by atoms with van der Waals surface area (Å²) in [5.41, 5.74) is 2.72. The van der Waals surface area contributed by atoms with Crippen molar-refractivity contribution in [1.29, 1.82) is 0 Å². The van der Waals surface area contributed by atoms with Gasteiger partial charge in [0, 0.05) is 37.1 Å². The minimum atomic E-state index is -3.60. The highest BCUT2D eigenvalue weighted by molar-refractivity contribution is 7.89. The monoisotopic (exact) mass is 537 g/mol. The number of para-hydroxylation sites is 1. The number of carbonyl (C=O) groups excluding carboxylic acids is 1. The number of rotatable bonds is 4. The van der Waals surface area contributed by atoms with Crippen molar-refractivity contribution in [3.05, 3.63) is 84.4 Å². The van der Waals surface area contributed by atoms with Crippen LogP contribution in [0.15, 0.2) is 83.8 Å². The Labute approximate surface area is 220 Å². The maximum absolute atomic E-state index is 13.7. The molecule has 1 aromatic heterocycles. The van der Waals surface area contributed by atoms with Crippen molar-refractivity contribution in [1.82, 2.24) is 14.2 Å². The van der Waals surface area contributed by atoms with Crippen molar-refractivity contribution in [2.75, 3.05) is 33.0 Å². The van der Waals surface area contributed by atoms with Crippen LogP contribution in [0.25, 0.3) is 22.2 Å². The molecule has 6 rings (SSSR count). The zero-order chi connectivity index (χ0) is 24.7. The number of amides is 1. The number of hydrogen-bond donors (Lipinski definition) is 0.